The van der Waals surface area contributed by atoms with E-state index in [0.29, 0.717) is 10.8 Å². The summed E-state index contributed by atoms with van der Waals surface area (Å²) in [4.78, 5) is 0. The predicted molar refractivity (Wildman–Crippen MR) is 52.7 cm³/mol. The SMILES string of the molecule is C=C.CC1(C)CCCC1(C)C. The van der Waals surface area contributed by atoms with Gasteiger partial charge in [0.2, 0.25) is 0 Å². The third-order valence-corrected chi connectivity index (χ3v) is 3.44. The molecular weight excluding hydrogens is 132 g/mol. The summed E-state index contributed by atoms with van der Waals surface area (Å²) in [5.41, 5.74) is 1.18. The van der Waals surface area contributed by atoms with Crippen LogP contribution in [-0.2, 0) is 0 Å². The van der Waals surface area contributed by atoms with Crippen LogP contribution in [-0.4, -0.2) is 0 Å². The molecule has 0 heterocycles. The van der Waals surface area contributed by atoms with E-state index in [9.17, 15) is 0 Å². The average Bonchev–Trinajstić information content (AvgIpc) is 2.12. The van der Waals surface area contributed by atoms with Crippen molar-refractivity contribution in [2.75, 3.05) is 0 Å². The second-order valence-corrected chi connectivity index (χ2v) is 4.62. The van der Waals surface area contributed by atoms with Crippen molar-refractivity contribution < 1.29 is 0 Å². The predicted octanol–water partition coefficient (Wildman–Crippen LogP) is 4.02. The summed E-state index contributed by atoms with van der Waals surface area (Å²) in [5, 5.41) is 0. The molecule has 0 nitrogen and oxygen atoms in total. The minimum absolute atomic E-state index is 0.590. The van der Waals surface area contributed by atoms with E-state index in [-0.39, 0.29) is 0 Å². The van der Waals surface area contributed by atoms with Crippen molar-refractivity contribution in [3.05, 3.63) is 13.2 Å². The van der Waals surface area contributed by atoms with Gasteiger partial charge in [-0.2, -0.15) is 0 Å². The average molecular weight is 154 g/mol. The lowest BCUT2D eigenvalue weighted by Crippen LogP contribution is -2.25. The van der Waals surface area contributed by atoms with E-state index >= 15 is 0 Å². The number of hydrogen-bond donors (Lipinski definition) is 0. The van der Waals surface area contributed by atoms with Crippen molar-refractivity contribution in [3.63, 3.8) is 0 Å². The van der Waals surface area contributed by atoms with E-state index in [1.807, 2.05) is 0 Å². The zero-order valence-corrected chi connectivity index (χ0v) is 8.54. The molecule has 11 heavy (non-hydrogen) atoms. The van der Waals surface area contributed by atoms with E-state index in [0.717, 1.165) is 0 Å². The van der Waals surface area contributed by atoms with E-state index in [1.54, 1.807) is 0 Å². The van der Waals surface area contributed by atoms with E-state index in [2.05, 4.69) is 40.9 Å². The summed E-state index contributed by atoms with van der Waals surface area (Å²) in [6, 6.07) is 0. The highest BCUT2D eigenvalue weighted by atomic mass is 14.5. The topological polar surface area (TPSA) is 0 Å². The van der Waals surface area contributed by atoms with Crippen LogP contribution in [0.15, 0.2) is 13.2 Å². The first-order valence-electron chi connectivity index (χ1n) is 4.46. The van der Waals surface area contributed by atoms with Crippen molar-refractivity contribution in [2.24, 2.45) is 10.8 Å². The lowest BCUT2D eigenvalue weighted by atomic mass is 9.71. The molecule has 1 aliphatic rings. The highest BCUT2D eigenvalue weighted by Crippen LogP contribution is 2.51. The summed E-state index contributed by atoms with van der Waals surface area (Å²) in [6.07, 6.45) is 4.26. The molecule has 0 spiro atoms. The quantitative estimate of drug-likeness (QED) is 0.462. The molecule has 1 fully saturated rings. The summed E-state index contributed by atoms with van der Waals surface area (Å²) in [7, 11) is 0. The first kappa shape index (κ1) is 10.7. The molecule has 0 heteroatoms. The summed E-state index contributed by atoms with van der Waals surface area (Å²) in [5.74, 6) is 0. The van der Waals surface area contributed by atoms with Crippen LogP contribution in [0.3, 0.4) is 0 Å². The molecule has 0 aliphatic heterocycles. The van der Waals surface area contributed by atoms with Gasteiger partial charge in [0.05, 0.1) is 0 Å². The Morgan fingerprint density at radius 3 is 1.18 bits per heavy atom. The van der Waals surface area contributed by atoms with Crippen LogP contribution in [0.4, 0.5) is 0 Å². The fraction of sp³-hybridized carbons (Fsp3) is 0.818. The Bertz CT molecular complexity index is 106. The molecular formula is C11H22. The van der Waals surface area contributed by atoms with Crippen molar-refractivity contribution in [3.8, 4) is 0 Å². The van der Waals surface area contributed by atoms with E-state index in [1.165, 1.54) is 19.3 Å². The maximum absolute atomic E-state index is 3.00. The Balaban J connectivity index is 0.000000461. The fourth-order valence-electron chi connectivity index (χ4n) is 1.65. The van der Waals surface area contributed by atoms with Crippen LogP contribution in [0.25, 0.3) is 0 Å². The summed E-state index contributed by atoms with van der Waals surface area (Å²) in [6.45, 7) is 15.6. The van der Waals surface area contributed by atoms with Gasteiger partial charge in [-0.1, -0.05) is 34.1 Å². The maximum atomic E-state index is 3.00. The molecule has 0 aromatic heterocycles. The molecule has 1 aliphatic carbocycles. The molecule has 0 amide bonds. The Labute approximate surface area is 71.7 Å². The molecule has 1 rings (SSSR count). The van der Waals surface area contributed by atoms with Gasteiger partial charge in [-0.3, -0.25) is 0 Å². The Morgan fingerprint density at radius 2 is 1.09 bits per heavy atom. The molecule has 1 saturated carbocycles. The van der Waals surface area contributed by atoms with Gasteiger partial charge in [0.15, 0.2) is 0 Å². The largest absolute Gasteiger partial charge is 0.106 e. The molecule has 0 bridgehead atoms. The summed E-state index contributed by atoms with van der Waals surface area (Å²) >= 11 is 0. The molecule has 66 valence electrons. The van der Waals surface area contributed by atoms with Crippen LogP contribution in [0.2, 0.25) is 0 Å². The zero-order valence-electron chi connectivity index (χ0n) is 8.54. The Hall–Kier alpha value is -0.260. The third kappa shape index (κ3) is 2.08. The molecule has 0 aromatic carbocycles. The fourth-order valence-corrected chi connectivity index (χ4v) is 1.65. The van der Waals surface area contributed by atoms with Gasteiger partial charge in [0.1, 0.15) is 0 Å². The lowest BCUT2D eigenvalue weighted by molar-refractivity contribution is 0.157. The van der Waals surface area contributed by atoms with Crippen LogP contribution in [0.1, 0.15) is 47.0 Å². The first-order valence-corrected chi connectivity index (χ1v) is 4.46. The second kappa shape index (κ2) is 3.42. The van der Waals surface area contributed by atoms with Crippen LogP contribution in [0.5, 0.6) is 0 Å². The minimum Gasteiger partial charge on any atom is -0.106 e. The van der Waals surface area contributed by atoms with Gasteiger partial charge in [-0.15, -0.1) is 13.2 Å². The van der Waals surface area contributed by atoms with E-state index < -0.39 is 0 Å². The molecule has 0 unspecified atom stereocenters. The van der Waals surface area contributed by atoms with Gasteiger partial charge in [-0.25, -0.2) is 0 Å². The maximum Gasteiger partial charge on any atom is -0.0303 e. The van der Waals surface area contributed by atoms with Crippen LogP contribution >= 0.6 is 0 Å². The highest BCUT2D eigenvalue weighted by molar-refractivity contribution is 4.91. The van der Waals surface area contributed by atoms with Crippen molar-refractivity contribution in [1.82, 2.24) is 0 Å². The highest BCUT2D eigenvalue weighted by Gasteiger charge is 2.40. The van der Waals surface area contributed by atoms with Crippen molar-refractivity contribution in [1.29, 1.82) is 0 Å². The van der Waals surface area contributed by atoms with Crippen molar-refractivity contribution >= 4 is 0 Å². The number of rotatable bonds is 0. The Kier molecular flexibility index (Phi) is 3.34. The smallest absolute Gasteiger partial charge is 0.0303 e. The van der Waals surface area contributed by atoms with Crippen LogP contribution in [0, 0.1) is 10.8 Å². The Morgan fingerprint density at radius 1 is 0.818 bits per heavy atom. The monoisotopic (exact) mass is 154 g/mol. The second-order valence-electron chi connectivity index (χ2n) is 4.62. The third-order valence-electron chi connectivity index (χ3n) is 3.44. The van der Waals surface area contributed by atoms with E-state index in [4.69, 9.17) is 0 Å². The van der Waals surface area contributed by atoms with Gasteiger partial charge >= 0.3 is 0 Å². The van der Waals surface area contributed by atoms with Gasteiger partial charge in [0.25, 0.3) is 0 Å². The number of hydrogen-bond acceptors (Lipinski definition) is 0. The minimum atomic E-state index is 0.590. The zero-order chi connectivity index (χ0) is 9.12. The molecule has 0 atom stereocenters. The van der Waals surface area contributed by atoms with Gasteiger partial charge in [0, 0.05) is 0 Å². The lowest BCUT2D eigenvalue weighted by Gasteiger charge is -2.34. The standard InChI is InChI=1S/C9H18.C2H4/c1-8(2)6-5-7-9(8,3)4;1-2/h5-7H2,1-4H3;1-2H2. The normalized spacial score (nSPS) is 25.5. The molecule has 0 radical (unpaired) electrons. The molecule has 0 saturated heterocycles. The molecule has 0 aromatic rings. The molecule has 0 N–H and O–H groups in total. The first-order chi connectivity index (χ1) is 4.96. The van der Waals surface area contributed by atoms with Crippen molar-refractivity contribution in [2.45, 2.75) is 47.0 Å². The van der Waals surface area contributed by atoms with Crippen LogP contribution < -0.4 is 0 Å². The van der Waals surface area contributed by atoms with Gasteiger partial charge < -0.3 is 0 Å². The van der Waals surface area contributed by atoms with Gasteiger partial charge in [-0.05, 0) is 23.7 Å². The summed E-state index contributed by atoms with van der Waals surface area (Å²) < 4.78 is 0.